The second-order valence-corrected chi connectivity index (χ2v) is 6.98. The number of benzene rings is 2. The Hall–Kier alpha value is -2.77. The fraction of sp³-hybridized carbons (Fsp3) is 0.0556. The normalized spacial score (nSPS) is 15.8. The van der Waals surface area contributed by atoms with Gasteiger partial charge in [-0.1, -0.05) is 41.6 Å². The number of amidine groups is 1. The van der Waals surface area contributed by atoms with Gasteiger partial charge in [-0.05, 0) is 36.4 Å². The first-order valence-corrected chi connectivity index (χ1v) is 9.15. The summed E-state index contributed by atoms with van der Waals surface area (Å²) in [6.45, 7) is 0. The van der Waals surface area contributed by atoms with Crippen molar-refractivity contribution in [2.45, 2.75) is 0 Å². The molecule has 2 amide bonds. The largest absolute Gasteiger partial charge is 0.350 e. The van der Waals surface area contributed by atoms with Crippen molar-refractivity contribution in [1.29, 1.82) is 0 Å². The van der Waals surface area contributed by atoms with Gasteiger partial charge in [0.15, 0.2) is 5.17 Å². The Morgan fingerprint density at radius 1 is 1.19 bits per heavy atom. The number of thioether (sulfide) groups is 1. The molecule has 0 unspecified atom stereocenters. The van der Waals surface area contributed by atoms with E-state index in [9.17, 15) is 9.59 Å². The number of aliphatic imine (C=N–C) groups is 1. The van der Waals surface area contributed by atoms with E-state index in [1.165, 1.54) is 16.8 Å². The average Bonchev–Trinajstić information content (AvgIpc) is 3.20. The van der Waals surface area contributed by atoms with Crippen molar-refractivity contribution < 1.29 is 9.59 Å². The third kappa shape index (κ3) is 3.31. The van der Waals surface area contributed by atoms with Gasteiger partial charge in [-0.3, -0.25) is 15.0 Å². The van der Waals surface area contributed by atoms with Crippen LogP contribution in [0, 0.1) is 0 Å². The van der Waals surface area contributed by atoms with Gasteiger partial charge in [0, 0.05) is 15.9 Å². The Balaban J connectivity index is 1.58. The fourth-order valence-electron chi connectivity index (χ4n) is 2.56. The predicted molar refractivity (Wildman–Crippen MR) is 104 cm³/mol. The highest BCUT2D eigenvalue weighted by atomic mass is 35.5. The number of hydrogen-bond donors (Lipinski definition) is 2. The number of aromatic amines is 1. The molecule has 26 heavy (non-hydrogen) atoms. The number of nitrogens with one attached hydrogen (secondary N) is 2. The maximum absolute atomic E-state index is 12.6. The Kier molecular flexibility index (Phi) is 4.40. The Morgan fingerprint density at radius 2 is 2.00 bits per heavy atom. The fourth-order valence-corrected chi connectivity index (χ4v) is 3.56. The van der Waals surface area contributed by atoms with E-state index in [0.717, 1.165) is 10.9 Å². The van der Waals surface area contributed by atoms with Crippen molar-refractivity contribution in [1.82, 2.24) is 15.4 Å². The zero-order chi connectivity index (χ0) is 18.1. The molecule has 2 aromatic carbocycles. The number of halogens is 1. The van der Waals surface area contributed by atoms with E-state index in [-0.39, 0.29) is 11.7 Å². The van der Waals surface area contributed by atoms with E-state index < -0.39 is 5.91 Å². The summed E-state index contributed by atoms with van der Waals surface area (Å²) >= 11 is 7.26. The van der Waals surface area contributed by atoms with Crippen LogP contribution in [0.1, 0.15) is 10.5 Å². The lowest BCUT2D eigenvalue weighted by molar-refractivity contribution is -0.125. The molecule has 0 radical (unpaired) electrons. The number of hydrazine groups is 1. The Morgan fingerprint density at radius 3 is 2.81 bits per heavy atom. The van der Waals surface area contributed by atoms with E-state index in [2.05, 4.69) is 15.4 Å². The molecular formula is C18H13ClN4O2S. The summed E-state index contributed by atoms with van der Waals surface area (Å²) in [6.07, 6.45) is 0. The van der Waals surface area contributed by atoms with Gasteiger partial charge >= 0.3 is 0 Å². The molecule has 1 aliphatic rings. The van der Waals surface area contributed by atoms with Crippen molar-refractivity contribution in [2.75, 3.05) is 5.75 Å². The molecule has 1 saturated heterocycles. The van der Waals surface area contributed by atoms with Crippen molar-refractivity contribution in [3.63, 3.8) is 0 Å². The number of rotatable bonds is 3. The molecule has 0 saturated carbocycles. The van der Waals surface area contributed by atoms with Gasteiger partial charge in [-0.25, -0.2) is 4.99 Å². The highest BCUT2D eigenvalue weighted by Crippen LogP contribution is 2.23. The van der Waals surface area contributed by atoms with Crippen LogP contribution >= 0.6 is 23.4 Å². The van der Waals surface area contributed by atoms with Gasteiger partial charge in [0.25, 0.3) is 11.8 Å². The quantitative estimate of drug-likeness (QED) is 0.722. The minimum absolute atomic E-state index is 0.225. The van der Waals surface area contributed by atoms with E-state index >= 15 is 0 Å². The number of amides is 2. The van der Waals surface area contributed by atoms with Crippen LogP contribution in [-0.4, -0.2) is 32.7 Å². The van der Waals surface area contributed by atoms with E-state index in [1.54, 1.807) is 24.3 Å². The van der Waals surface area contributed by atoms with Crippen LogP contribution in [0.25, 0.3) is 10.9 Å². The summed E-state index contributed by atoms with van der Waals surface area (Å²) in [7, 11) is 0. The van der Waals surface area contributed by atoms with E-state index in [4.69, 9.17) is 11.6 Å². The average molecular weight is 385 g/mol. The second-order valence-electron chi connectivity index (χ2n) is 5.60. The molecule has 0 spiro atoms. The molecule has 1 aliphatic heterocycles. The number of aromatic nitrogens is 1. The van der Waals surface area contributed by atoms with Crippen LogP contribution in [0.4, 0.5) is 5.69 Å². The second kappa shape index (κ2) is 6.86. The van der Waals surface area contributed by atoms with Gasteiger partial charge < -0.3 is 4.98 Å². The molecule has 8 heteroatoms. The topological polar surface area (TPSA) is 77.6 Å². The maximum atomic E-state index is 12.6. The molecule has 4 rings (SSSR count). The zero-order valence-corrected chi connectivity index (χ0v) is 15.0. The smallest absolute Gasteiger partial charge is 0.286 e. The minimum Gasteiger partial charge on any atom is -0.350 e. The van der Waals surface area contributed by atoms with E-state index in [1.807, 2.05) is 30.3 Å². The first-order chi connectivity index (χ1) is 12.6. The third-order valence-electron chi connectivity index (χ3n) is 3.79. The van der Waals surface area contributed by atoms with Crippen LogP contribution < -0.4 is 5.43 Å². The summed E-state index contributed by atoms with van der Waals surface area (Å²) < 4.78 is 0. The summed E-state index contributed by atoms with van der Waals surface area (Å²) in [6, 6.07) is 16.3. The molecule has 0 aliphatic carbocycles. The number of carbonyl (C=O) groups is 2. The van der Waals surface area contributed by atoms with Crippen molar-refractivity contribution >= 4 is 56.9 Å². The zero-order valence-electron chi connectivity index (χ0n) is 13.4. The number of carbonyl (C=O) groups excluding carboxylic acids is 2. The van der Waals surface area contributed by atoms with Crippen LogP contribution in [0.3, 0.4) is 0 Å². The molecule has 1 aromatic heterocycles. The summed E-state index contributed by atoms with van der Waals surface area (Å²) in [5, 5.41) is 3.04. The van der Waals surface area contributed by atoms with Crippen LogP contribution in [0.5, 0.6) is 0 Å². The lowest BCUT2D eigenvalue weighted by atomic mass is 10.2. The SMILES string of the molecule is O=C(NN1C(=O)CSC1=Nc1ccccc1)c1cc2cc(Cl)ccc2[nH]1. The predicted octanol–water partition coefficient (Wildman–Crippen LogP) is 3.73. The Bertz CT molecular complexity index is 1030. The van der Waals surface area contributed by atoms with Crippen LogP contribution in [-0.2, 0) is 4.79 Å². The standard InChI is InChI=1S/C18H13ClN4O2S/c19-12-6-7-14-11(8-12)9-15(21-14)17(25)22-23-16(24)10-26-18(23)20-13-4-2-1-3-5-13/h1-9,21H,10H2,(H,22,25). The van der Waals surface area contributed by atoms with Crippen LogP contribution in [0.2, 0.25) is 5.02 Å². The number of para-hydroxylation sites is 1. The third-order valence-corrected chi connectivity index (χ3v) is 4.95. The molecule has 1 fully saturated rings. The number of H-pyrrole nitrogens is 1. The number of hydrogen-bond acceptors (Lipinski definition) is 4. The molecule has 3 aromatic rings. The van der Waals surface area contributed by atoms with Gasteiger partial charge in [-0.2, -0.15) is 5.01 Å². The van der Waals surface area contributed by atoms with Gasteiger partial charge in [-0.15, -0.1) is 0 Å². The molecule has 2 N–H and O–H groups in total. The maximum Gasteiger partial charge on any atom is 0.286 e. The van der Waals surface area contributed by atoms with Gasteiger partial charge in [0.1, 0.15) is 5.69 Å². The minimum atomic E-state index is -0.422. The van der Waals surface area contributed by atoms with Crippen molar-refractivity contribution in [3.05, 3.63) is 65.3 Å². The molecule has 0 bridgehead atoms. The number of fused-ring (bicyclic) bond motifs is 1. The highest BCUT2D eigenvalue weighted by Gasteiger charge is 2.30. The molecule has 2 heterocycles. The Labute approximate surface area is 158 Å². The summed E-state index contributed by atoms with van der Waals surface area (Å²) in [5.74, 6) is -0.417. The summed E-state index contributed by atoms with van der Waals surface area (Å²) in [5.41, 5.74) is 4.46. The molecule has 6 nitrogen and oxygen atoms in total. The van der Waals surface area contributed by atoms with Gasteiger partial charge in [0.05, 0.1) is 11.4 Å². The molecule has 0 atom stereocenters. The number of nitrogens with zero attached hydrogens (tertiary/aromatic N) is 2. The first kappa shape index (κ1) is 16.7. The van der Waals surface area contributed by atoms with Gasteiger partial charge in [0.2, 0.25) is 0 Å². The molecular weight excluding hydrogens is 372 g/mol. The van der Waals surface area contributed by atoms with E-state index in [0.29, 0.717) is 21.6 Å². The van der Waals surface area contributed by atoms with Crippen molar-refractivity contribution in [2.24, 2.45) is 4.99 Å². The monoisotopic (exact) mass is 384 g/mol. The summed E-state index contributed by atoms with van der Waals surface area (Å²) in [4.78, 5) is 32.2. The highest BCUT2D eigenvalue weighted by molar-refractivity contribution is 8.15. The lowest BCUT2D eigenvalue weighted by Crippen LogP contribution is -2.45. The van der Waals surface area contributed by atoms with Crippen LogP contribution in [0.15, 0.2) is 59.6 Å². The molecule has 130 valence electrons. The lowest BCUT2D eigenvalue weighted by Gasteiger charge is -2.16. The first-order valence-electron chi connectivity index (χ1n) is 7.79. The van der Waals surface area contributed by atoms with Crippen molar-refractivity contribution in [3.8, 4) is 0 Å².